The minimum Gasteiger partial charge on any atom is -0.507 e. The predicted octanol–water partition coefficient (Wildman–Crippen LogP) is 3.71. The lowest BCUT2D eigenvalue weighted by Gasteiger charge is -2.09. The van der Waals surface area contributed by atoms with E-state index in [0.29, 0.717) is 5.75 Å². The Morgan fingerprint density at radius 2 is 1.89 bits per heavy atom. The molecule has 0 saturated carbocycles. The van der Waals surface area contributed by atoms with Gasteiger partial charge < -0.3 is 14.4 Å². The van der Waals surface area contributed by atoms with Crippen LogP contribution in [0.4, 0.5) is 4.39 Å². The molecule has 0 aliphatic heterocycles. The number of aromatic nitrogens is 1. The molecule has 28 heavy (non-hydrogen) atoms. The van der Waals surface area contributed by atoms with E-state index in [0.717, 1.165) is 22.6 Å². The van der Waals surface area contributed by atoms with Crippen LogP contribution in [0.3, 0.4) is 0 Å². The number of carbonyl (C=O) groups is 1. The first kappa shape index (κ1) is 19.2. The van der Waals surface area contributed by atoms with Gasteiger partial charge in [-0.3, -0.25) is 4.79 Å². The van der Waals surface area contributed by atoms with Gasteiger partial charge in [0.2, 0.25) is 0 Å². The van der Waals surface area contributed by atoms with Gasteiger partial charge in [-0.25, -0.2) is 9.82 Å². The van der Waals surface area contributed by atoms with Crippen molar-refractivity contribution in [2.75, 3.05) is 7.11 Å². The lowest BCUT2D eigenvalue weighted by atomic mass is 10.2. The zero-order chi connectivity index (χ0) is 20.3. The second-order valence-corrected chi connectivity index (χ2v) is 6.22. The van der Waals surface area contributed by atoms with Crippen LogP contribution >= 0.6 is 0 Å². The normalized spacial score (nSPS) is 11.0. The van der Waals surface area contributed by atoms with E-state index in [1.54, 1.807) is 18.2 Å². The number of nitrogens with zero attached hydrogens (tertiary/aromatic N) is 2. The smallest absolute Gasteiger partial charge is 0.275 e. The molecule has 3 rings (SSSR count). The summed E-state index contributed by atoms with van der Waals surface area (Å²) < 4.78 is 20.1. The van der Waals surface area contributed by atoms with Crippen LogP contribution in [0.2, 0.25) is 0 Å². The van der Waals surface area contributed by atoms with Crippen molar-refractivity contribution < 1.29 is 19.0 Å². The lowest BCUT2D eigenvalue weighted by Crippen LogP contribution is -2.17. The Hall–Kier alpha value is -3.61. The highest BCUT2D eigenvalue weighted by Crippen LogP contribution is 2.23. The third kappa shape index (κ3) is 3.88. The highest BCUT2D eigenvalue weighted by Gasteiger charge is 2.12. The molecule has 0 spiro atoms. The number of nitrogens with one attached hydrogen (secondary N) is 1. The predicted molar refractivity (Wildman–Crippen MR) is 105 cm³/mol. The van der Waals surface area contributed by atoms with Crippen LogP contribution < -0.4 is 10.2 Å². The molecule has 7 heteroatoms. The van der Waals surface area contributed by atoms with Crippen molar-refractivity contribution in [2.24, 2.45) is 5.10 Å². The topological polar surface area (TPSA) is 75.8 Å². The average Bonchev–Trinajstić information content (AvgIpc) is 2.96. The highest BCUT2D eigenvalue weighted by molar-refractivity contribution is 5.97. The molecule has 6 nitrogen and oxygen atoms in total. The van der Waals surface area contributed by atoms with Crippen molar-refractivity contribution in [1.29, 1.82) is 0 Å². The molecule has 144 valence electrons. The third-order valence-corrected chi connectivity index (χ3v) is 4.37. The Morgan fingerprint density at radius 3 is 2.54 bits per heavy atom. The van der Waals surface area contributed by atoms with E-state index in [9.17, 15) is 14.3 Å². The van der Waals surface area contributed by atoms with Gasteiger partial charge in [0.05, 0.1) is 18.9 Å². The first-order valence-electron chi connectivity index (χ1n) is 8.56. The van der Waals surface area contributed by atoms with Gasteiger partial charge in [0.25, 0.3) is 5.91 Å². The Balaban J connectivity index is 1.77. The SMILES string of the molecule is COc1ccc(C(=O)N/N=C\c2cc(C)n(-c3ccc(F)cc3)c2C)c(O)c1. The van der Waals surface area contributed by atoms with Crippen LogP contribution in [0.5, 0.6) is 11.5 Å². The summed E-state index contributed by atoms with van der Waals surface area (Å²) in [5.74, 6) is -0.575. The summed E-state index contributed by atoms with van der Waals surface area (Å²) in [7, 11) is 1.47. The molecule has 0 saturated heterocycles. The minimum absolute atomic E-state index is 0.0923. The number of aromatic hydroxyl groups is 1. The number of methoxy groups -OCH3 is 1. The van der Waals surface area contributed by atoms with E-state index < -0.39 is 5.91 Å². The summed E-state index contributed by atoms with van der Waals surface area (Å²) in [6.07, 6.45) is 1.53. The van der Waals surface area contributed by atoms with Crippen LogP contribution in [0.1, 0.15) is 27.3 Å². The zero-order valence-electron chi connectivity index (χ0n) is 15.7. The van der Waals surface area contributed by atoms with E-state index in [1.807, 2.05) is 24.5 Å². The van der Waals surface area contributed by atoms with Crippen LogP contribution in [0, 0.1) is 19.7 Å². The van der Waals surface area contributed by atoms with E-state index in [1.165, 1.54) is 37.6 Å². The van der Waals surface area contributed by atoms with Crippen LogP contribution in [0.15, 0.2) is 53.6 Å². The number of hydrazone groups is 1. The van der Waals surface area contributed by atoms with Crippen molar-refractivity contribution in [3.05, 3.63) is 76.9 Å². The van der Waals surface area contributed by atoms with Gasteiger partial charge in [-0.15, -0.1) is 0 Å². The van der Waals surface area contributed by atoms with Gasteiger partial charge in [-0.2, -0.15) is 5.10 Å². The molecular formula is C21H20FN3O3. The minimum atomic E-state index is -0.538. The largest absolute Gasteiger partial charge is 0.507 e. The number of phenols is 1. The Kier molecular flexibility index (Phi) is 5.44. The van der Waals surface area contributed by atoms with Crippen molar-refractivity contribution in [2.45, 2.75) is 13.8 Å². The second-order valence-electron chi connectivity index (χ2n) is 6.22. The maximum Gasteiger partial charge on any atom is 0.275 e. The standard InChI is InChI=1S/C21H20FN3O3/c1-13-10-15(14(2)25(13)17-6-4-16(22)5-7-17)12-23-24-21(27)19-9-8-18(28-3)11-20(19)26/h4-12,26H,1-3H3,(H,24,27)/b23-12-. The second kappa shape index (κ2) is 7.96. The fraction of sp³-hybridized carbons (Fsp3) is 0.143. The van der Waals surface area contributed by atoms with Gasteiger partial charge in [0.1, 0.15) is 17.3 Å². The van der Waals surface area contributed by atoms with Gasteiger partial charge in [-0.05, 0) is 56.3 Å². The number of halogens is 1. The maximum absolute atomic E-state index is 13.2. The molecule has 0 aliphatic rings. The van der Waals surface area contributed by atoms with Gasteiger partial charge in [-0.1, -0.05) is 0 Å². The zero-order valence-corrected chi connectivity index (χ0v) is 15.7. The highest BCUT2D eigenvalue weighted by atomic mass is 19.1. The monoisotopic (exact) mass is 381 g/mol. The number of ether oxygens (including phenoxy) is 1. The van der Waals surface area contributed by atoms with Crippen LogP contribution in [-0.2, 0) is 0 Å². The van der Waals surface area contributed by atoms with Crippen molar-refractivity contribution in [3.63, 3.8) is 0 Å². The summed E-state index contributed by atoms with van der Waals surface area (Å²) in [6.45, 7) is 3.84. The molecule has 0 bridgehead atoms. The third-order valence-electron chi connectivity index (χ3n) is 4.37. The Labute approximate surface area is 161 Å². The van der Waals surface area contributed by atoms with Gasteiger partial charge >= 0.3 is 0 Å². The average molecular weight is 381 g/mol. The van der Waals surface area contributed by atoms with Crippen LogP contribution in [0.25, 0.3) is 5.69 Å². The van der Waals surface area contributed by atoms with E-state index in [4.69, 9.17) is 4.74 Å². The fourth-order valence-corrected chi connectivity index (χ4v) is 2.96. The molecule has 0 aliphatic carbocycles. The summed E-state index contributed by atoms with van der Waals surface area (Å²) in [4.78, 5) is 12.2. The molecule has 0 atom stereocenters. The van der Waals surface area contributed by atoms with Crippen LogP contribution in [-0.4, -0.2) is 28.9 Å². The van der Waals surface area contributed by atoms with E-state index >= 15 is 0 Å². The summed E-state index contributed by atoms with van der Waals surface area (Å²) in [5, 5.41) is 13.9. The maximum atomic E-state index is 13.2. The summed E-state index contributed by atoms with van der Waals surface area (Å²) >= 11 is 0. The van der Waals surface area contributed by atoms with Crippen molar-refractivity contribution in [3.8, 4) is 17.2 Å². The molecular weight excluding hydrogens is 361 g/mol. The molecule has 1 amide bonds. The molecule has 2 N–H and O–H groups in total. The molecule has 1 heterocycles. The van der Waals surface area contributed by atoms with Crippen molar-refractivity contribution >= 4 is 12.1 Å². The number of benzene rings is 2. The number of phenolic OH excluding ortho intramolecular Hbond substituents is 1. The van der Waals surface area contributed by atoms with E-state index in [2.05, 4.69) is 10.5 Å². The number of hydrogen-bond acceptors (Lipinski definition) is 4. The Morgan fingerprint density at radius 1 is 1.18 bits per heavy atom. The number of hydrogen-bond donors (Lipinski definition) is 2. The van der Waals surface area contributed by atoms with E-state index in [-0.39, 0.29) is 17.1 Å². The molecule has 0 radical (unpaired) electrons. The first-order valence-corrected chi connectivity index (χ1v) is 8.56. The first-order chi connectivity index (χ1) is 13.4. The van der Waals surface area contributed by atoms with Crippen molar-refractivity contribution in [1.82, 2.24) is 9.99 Å². The van der Waals surface area contributed by atoms with Gasteiger partial charge in [0.15, 0.2) is 0 Å². The number of aryl methyl sites for hydroxylation is 1. The Bertz CT molecular complexity index is 1040. The van der Waals surface area contributed by atoms with Gasteiger partial charge in [0, 0.05) is 28.7 Å². The molecule has 1 aromatic heterocycles. The molecule has 2 aromatic carbocycles. The quantitative estimate of drug-likeness (QED) is 0.523. The molecule has 0 fully saturated rings. The number of amides is 1. The summed E-state index contributed by atoms with van der Waals surface area (Å²) in [6, 6.07) is 12.5. The molecule has 0 unspecified atom stereocenters. The summed E-state index contributed by atoms with van der Waals surface area (Å²) in [5.41, 5.74) is 5.98. The molecule has 3 aromatic rings. The lowest BCUT2D eigenvalue weighted by molar-refractivity contribution is 0.0952. The number of rotatable bonds is 5. The fourth-order valence-electron chi connectivity index (χ4n) is 2.96. The number of carbonyl (C=O) groups excluding carboxylic acids is 1.